The molecule has 0 fully saturated rings. The van der Waals surface area contributed by atoms with Gasteiger partial charge in [-0.2, -0.15) is 4.52 Å². The van der Waals surface area contributed by atoms with Gasteiger partial charge in [0.2, 0.25) is 5.88 Å². The van der Waals surface area contributed by atoms with Crippen LogP contribution in [0.2, 0.25) is 5.15 Å². The molecule has 0 aliphatic carbocycles. The van der Waals surface area contributed by atoms with E-state index < -0.39 is 5.60 Å². The molecule has 2 aromatic rings. The number of imidazole rings is 1. The lowest BCUT2D eigenvalue weighted by atomic mass is 10.1. The van der Waals surface area contributed by atoms with Gasteiger partial charge in [-0.3, -0.25) is 0 Å². The number of fused-ring (bicyclic) bond motifs is 1. The summed E-state index contributed by atoms with van der Waals surface area (Å²) in [4.78, 5) is 4.22. The Morgan fingerprint density at radius 1 is 1.44 bits per heavy atom. The number of halogens is 1. The number of nitrogens with zero attached hydrogens (tertiary/aromatic N) is 3. The van der Waals surface area contributed by atoms with Crippen LogP contribution in [0.15, 0.2) is 12.1 Å². The largest absolute Gasteiger partial charge is 0.480 e. The maximum Gasteiger partial charge on any atom is 0.231 e. The van der Waals surface area contributed by atoms with Gasteiger partial charge in [0.05, 0.1) is 7.11 Å². The van der Waals surface area contributed by atoms with Crippen LogP contribution in [0.1, 0.15) is 19.5 Å². The third kappa shape index (κ3) is 1.72. The number of ether oxygens (including phenoxy) is 1. The van der Waals surface area contributed by atoms with Crippen molar-refractivity contribution in [2.24, 2.45) is 0 Å². The predicted octanol–water partition coefficient (Wildman–Crippen LogP) is 1.62. The summed E-state index contributed by atoms with van der Waals surface area (Å²) < 4.78 is 6.43. The van der Waals surface area contributed by atoms with Crippen molar-refractivity contribution in [2.75, 3.05) is 7.11 Å². The van der Waals surface area contributed by atoms with E-state index in [1.165, 1.54) is 11.6 Å². The Balaban J connectivity index is 2.69. The first-order valence-electron chi connectivity index (χ1n) is 4.75. The van der Waals surface area contributed by atoms with E-state index in [0.29, 0.717) is 22.4 Å². The summed E-state index contributed by atoms with van der Waals surface area (Å²) in [6.45, 7) is 3.25. The van der Waals surface area contributed by atoms with Crippen LogP contribution in [0.3, 0.4) is 0 Å². The molecule has 6 heteroatoms. The zero-order valence-electron chi connectivity index (χ0n) is 9.23. The molecular formula is C10H12ClN3O2. The van der Waals surface area contributed by atoms with Gasteiger partial charge in [-0.25, -0.2) is 4.98 Å². The molecule has 0 atom stereocenters. The van der Waals surface area contributed by atoms with E-state index in [1.54, 1.807) is 26.0 Å². The van der Waals surface area contributed by atoms with Crippen LogP contribution >= 0.6 is 11.6 Å². The first-order chi connectivity index (χ1) is 7.43. The SMILES string of the molecule is COc1ccc2nc(C(C)(C)O)c(Cl)n2n1. The maximum atomic E-state index is 9.88. The number of methoxy groups -OCH3 is 1. The van der Waals surface area contributed by atoms with Crippen LogP contribution < -0.4 is 4.74 Å². The number of aromatic nitrogens is 3. The van der Waals surface area contributed by atoms with Crippen molar-refractivity contribution in [2.45, 2.75) is 19.4 Å². The van der Waals surface area contributed by atoms with Gasteiger partial charge in [0.25, 0.3) is 0 Å². The van der Waals surface area contributed by atoms with Crippen molar-refractivity contribution < 1.29 is 9.84 Å². The minimum absolute atomic E-state index is 0.293. The lowest BCUT2D eigenvalue weighted by Crippen LogP contribution is -2.16. The Morgan fingerprint density at radius 2 is 2.12 bits per heavy atom. The topological polar surface area (TPSA) is 59.7 Å². The highest BCUT2D eigenvalue weighted by atomic mass is 35.5. The normalized spacial score (nSPS) is 12.1. The molecule has 1 N–H and O–H groups in total. The van der Waals surface area contributed by atoms with Gasteiger partial charge in [0, 0.05) is 6.07 Å². The smallest absolute Gasteiger partial charge is 0.231 e. The van der Waals surface area contributed by atoms with Crippen molar-refractivity contribution in [1.82, 2.24) is 14.6 Å². The van der Waals surface area contributed by atoms with Crippen LogP contribution in [0, 0.1) is 0 Å². The molecule has 0 unspecified atom stereocenters. The second-order valence-corrected chi connectivity index (χ2v) is 4.31. The lowest BCUT2D eigenvalue weighted by molar-refractivity contribution is 0.0745. The summed E-state index contributed by atoms with van der Waals surface area (Å²) in [5.74, 6) is 0.439. The number of aliphatic hydroxyl groups is 1. The summed E-state index contributed by atoms with van der Waals surface area (Å²) in [5.41, 5.74) is -0.129. The minimum Gasteiger partial charge on any atom is -0.480 e. The van der Waals surface area contributed by atoms with Crippen LogP contribution in [-0.4, -0.2) is 26.8 Å². The van der Waals surface area contributed by atoms with Crippen LogP contribution in [0.25, 0.3) is 5.65 Å². The summed E-state index contributed by atoms with van der Waals surface area (Å²) in [5, 5.41) is 14.3. The van der Waals surface area contributed by atoms with Gasteiger partial charge in [-0.1, -0.05) is 11.6 Å². The fourth-order valence-corrected chi connectivity index (χ4v) is 1.79. The highest BCUT2D eigenvalue weighted by Crippen LogP contribution is 2.27. The zero-order valence-corrected chi connectivity index (χ0v) is 9.99. The minimum atomic E-state index is -1.10. The monoisotopic (exact) mass is 241 g/mol. The number of hydrogen-bond acceptors (Lipinski definition) is 4. The van der Waals surface area contributed by atoms with E-state index in [2.05, 4.69) is 10.1 Å². The lowest BCUT2D eigenvalue weighted by Gasteiger charge is -2.13. The predicted molar refractivity (Wildman–Crippen MR) is 59.8 cm³/mol. The molecule has 0 saturated carbocycles. The number of rotatable bonds is 2. The third-order valence-electron chi connectivity index (χ3n) is 2.19. The average Bonchev–Trinajstić information content (AvgIpc) is 2.55. The van der Waals surface area contributed by atoms with Gasteiger partial charge in [-0.15, -0.1) is 5.10 Å². The molecule has 5 nitrogen and oxygen atoms in total. The van der Waals surface area contributed by atoms with E-state index in [0.717, 1.165) is 0 Å². The molecule has 16 heavy (non-hydrogen) atoms. The summed E-state index contributed by atoms with van der Waals surface area (Å²) >= 11 is 6.09. The van der Waals surface area contributed by atoms with E-state index in [-0.39, 0.29) is 0 Å². The summed E-state index contributed by atoms with van der Waals surface area (Å²) in [7, 11) is 1.52. The standard InChI is InChI=1S/C10H12ClN3O2/c1-10(2,15)8-9(11)14-6(12-8)4-5-7(13-14)16-3/h4-5,15H,1-3H3. The molecule has 0 amide bonds. The average molecular weight is 242 g/mol. The Kier molecular flexibility index (Phi) is 2.52. The van der Waals surface area contributed by atoms with Gasteiger partial charge in [-0.05, 0) is 19.9 Å². The van der Waals surface area contributed by atoms with Gasteiger partial charge in [0.15, 0.2) is 10.8 Å². The van der Waals surface area contributed by atoms with Gasteiger partial charge < -0.3 is 9.84 Å². The molecule has 0 bridgehead atoms. The quantitative estimate of drug-likeness (QED) is 0.868. The second-order valence-electron chi connectivity index (χ2n) is 3.96. The summed E-state index contributed by atoms with van der Waals surface area (Å²) in [6.07, 6.45) is 0. The van der Waals surface area contributed by atoms with E-state index in [9.17, 15) is 5.11 Å². The number of hydrogen-bond donors (Lipinski definition) is 1. The van der Waals surface area contributed by atoms with Crippen LogP contribution in [0.5, 0.6) is 5.88 Å². The second kappa shape index (κ2) is 3.61. The highest BCUT2D eigenvalue weighted by molar-refractivity contribution is 6.30. The summed E-state index contributed by atoms with van der Waals surface area (Å²) in [6, 6.07) is 3.42. The molecule has 0 aromatic carbocycles. The fourth-order valence-electron chi connectivity index (χ4n) is 1.39. The van der Waals surface area contributed by atoms with E-state index in [4.69, 9.17) is 16.3 Å². The molecule has 2 heterocycles. The molecule has 0 saturated heterocycles. The maximum absolute atomic E-state index is 9.88. The van der Waals surface area contributed by atoms with Crippen LogP contribution in [0.4, 0.5) is 0 Å². The Bertz CT molecular complexity index is 531. The molecule has 0 radical (unpaired) electrons. The zero-order chi connectivity index (χ0) is 11.9. The molecule has 0 spiro atoms. The van der Waals surface area contributed by atoms with E-state index >= 15 is 0 Å². The Hall–Kier alpha value is -1.33. The van der Waals surface area contributed by atoms with Crippen molar-refractivity contribution in [1.29, 1.82) is 0 Å². The molecule has 2 aromatic heterocycles. The van der Waals surface area contributed by atoms with Gasteiger partial charge >= 0.3 is 0 Å². The molecule has 0 aliphatic rings. The molecule has 2 rings (SSSR count). The van der Waals surface area contributed by atoms with Crippen molar-refractivity contribution in [3.8, 4) is 5.88 Å². The molecule has 0 aliphatic heterocycles. The highest BCUT2D eigenvalue weighted by Gasteiger charge is 2.25. The molecular weight excluding hydrogens is 230 g/mol. The van der Waals surface area contributed by atoms with Crippen molar-refractivity contribution >= 4 is 17.2 Å². The first-order valence-corrected chi connectivity index (χ1v) is 5.13. The van der Waals surface area contributed by atoms with Crippen molar-refractivity contribution in [3.05, 3.63) is 23.0 Å². The van der Waals surface area contributed by atoms with E-state index in [1.807, 2.05) is 0 Å². The third-order valence-corrected chi connectivity index (χ3v) is 2.53. The Labute approximate surface area is 97.6 Å². The fraction of sp³-hybridized carbons (Fsp3) is 0.400. The Morgan fingerprint density at radius 3 is 2.69 bits per heavy atom. The molecule has 86 valence electrons. The van der Waals surface area contributed by atoms with Gasteiger partial charge in [0.1, 0.15) is 11.3 Å². The van der Waals surface area contributed by atoms with Crippen LogP contribution in [-0.2, 0) is 5.60 Å². The van der Waals surface area contributed by atoms with Crippen molar-refractivity contribution in [3.63, 3.8) is 0 Å². The first kappa shape index (κ1) is 11.2.